The molecule has 0 unspecified atom stereocenters. The number of nitrogens with one attached hydrogen (secondary N) is 2. The second-order valence-corrected chi connectivity index (χ2v) is 6.72. The Labute approximate surface area is 163 Å². The molecule has 0 spiro atoms. The first-order chi connectivity index (χ1) is 11.3. The number of likely N-dealkylation sites (tertiary alicyclic amines) is 1. The maximum Gasteiger partial charge on any atom is 0.191 e. The van der Waals surface area contributed by atoms with Crippen molar-refractivity contribution in [1.82, 2.24) is 15.5 Å². The summed E-state index contributed by atoms with van der Waals surface area (Å²) < 4.78 is 0. The van der Waals surface area contributed by atoms with E-state index in [1.807, 2.05) is 0 Å². The Morgan fingerprint density at radius 3 is 2.50 bits per heavy atom. The van der Waals surface area contributed by atoms with E-state index in [9.17, 15) is 0 Å². The van der Waals surface area contributed by atoms with Gasteiger partial charge in [-0.05, 0) is 56.8 Å². The summed E-state index contributed by atoms with van der Waals surface area (Å²) >= 11 is 0. The highest BCUT2D eigenvalue weighted by molar-refractivity contribution is 14.0. The predicted octanol–water partition coefficient (Wildman–Crippen LogP) is 3.51. The quantitative estimate of drug-likeness (QED) is 0.403. The van der Waals surface area contributed by atoms with Crippen molar-refractivity contribution in [3.63, 3.8) is 0 Å². The lowest BCUT2D eigenvalue weighted by Gasteiger charge is -2.27. The number of rotatable bonds is 6. The lowest BCUT2D eigenvalue weighted by Crippen LogP contribution is -2.38. The zero-order chi connectivity index (χ0) is 15.9. The van der Waals surface area contributed by atoms with Crippen LogP contribution in [0.3, 0.4) is 0 Å². The molecule has 0 bridgehead atoms. The molecule has 1 aromatic rings. The number of nitrogens with zero attached hydrogens (tertiary/aromatic N) is 2. The van der Waals surface area contributed by atoms with Crippen molar-refractivity contribution in [2.75, 3.05) is 19.6 Å². The van der Waals surface area contributed by atoms with Gasteiger partial charge in [0.2, 0.25) is 0 Å². The molecule has 5 heteroatoms. The topological polar surface area (TPSA) is 39.7 Å². The van der Waals surface area contributed by atoms with E-state index in [0.29, 0.717) is 6.04 Å². The number of halogens is 1. The minimum atomic E-state index is 0. The summed E-state index contributed by atoms with van der Waals surface area (Å²) in [4.78, 5) is 7.38. The van der Waals surface area contributed by atoms with Crippen molar-refractivity contribution in [1.29, 1.82) is 0 Å². The standard InChI is InChI=1S/C19H30N4.HI/c1-2-20-19(22-18-10-11-18)21-14-16-8-4-5-9-17(16)15-23-12-6-3-7-13-23;/h4-5,8-9,18H,2-3,6-7,10-15H2,1H3,(H2,20,21,22);1H. The lowest BCUT2D eigenvalue weighted by molar-refractivity contribution is 0.220. The van der Waals surface area contributed by atoms with E-state index in [1.165, 1.54) is 56.3 Å². The Hall–Kier alpha value is -0.820. The molecule has 2 aliphatic rings. The zero-order valence-electron chi connectivity index (χ0n) is 14.8. The normalized spacial score (nSPS) is 18.8. The summed E-state index contributed by atoms with van der Waals surface area (Å²) in [6.45, 7) is 7.33. The van der Waals surface area contributed by atoms with Crippen LogP contribution >= 0.6 is 24.0 Å². The number of guanidine groups is 1. The first-order valence-electron chi connectivity index (χ1n) is 9.19. The molecule has 1 saturated heterocycles. The number of benzene rings is 1. The molecule has 1 aromatic carbocycles. The fourth-order valence-electron chi connectivity index (χ4n) is 3.13. The van der Waals surface area contributed by atoms with Gasteiger partial charge in [0.1, 0.15) is 0 Å². The van der Waals surface area contributed by atoms with Crippen LogP contribution in [0, 0.1) is 0 Å². The minimum Gasteiger partial charge on any atom is -0.357 e. The number of piperidine rings is 1. The number of aliphatic imine (C=N–C) groups is 1. The van der Waals surface area contributed by atoms with E-state index in [1.54, 1.807) is 0 Å². The van der Waals surface area contributed by atoms with Crippen LogP contribution in [0.2, 0.25) is 0 Å². The van der Waals surface area contributed by atoms with Crippen LogP contribution in [0.4, 0.5) is 0 Å². The van der Waals surface area contributed by atoms with Crippen LogP contribution in [-0.2, 0) is 13.1 Å². The summed E-state index contributed by atoms with van der Waals surface area (Å²) in [7, 11) is 0. The van der Waals surface area contributed by atoms with Crippen molar-refractivity contribution in [2.24, 2.45) is 4.99 Å². The fraction of sp³-hybridized carbons (Fsp3) is 0.632. The van der Waals surface area contributed by atoms with Crippen molar-refractivity contribution in [2.45, 2.75) is 58.2 Å². The Balaban J connectivity index is 0.00000208. The van der Waals surface area contributed by atoms with Crippen molar-refractivity contribution in [3.05, 3.63) is 35.4 Å². The molecule has 3 rings (SSSR count). The average Bonchev–Trinajstić information content (AvgIpc) is 3.39. The molecular formula is C19H31IN4. The highest BCUT2D eigenvalue weighted by atomic mass is 127. The van der Waals surface area contributed by atoms with Gasteiger partial charge in [0.05, 0.1) is 6.54 Å². The lowest BCUT2D eigenvalue weighted by atomic mass is 10.1. The highest BCUT2D eigenvalue weighted by Gasteiger charge is 2.22. The third-order valence-electron chi connectivity index (χ3n) is 4.63. The van der Waals surface area contributed by atoms with Crippen molar-refractivity contribution in [3.8, 4) is 0 Å². The summed E-state index contributed by atoms with van der Waals surface area (Å²) in [6, 6.07) is 9.41. The van der Waals surface area contributed by atoms with Crippen LogP contribution in [0.1, 0.15) is 50.2 Å². The molecule has 2 fully saturated rings. The number of hydrogen-bond acceptors (Lipinski definition) is 2. The molecule has 0 amide bonds. The summed E-state index contributed by atoms with van der Waals surface area (Å²) in [5, 5.41) is 6.84. The van der Waals surface area contributed by atoms with Crippen molar-refractivity contribution >= 4 is 29.9 Å². The Kier molecular flexibility index (Phi) is 8.32. The molecule has 0 atom stereocenters. The first-order valence-corrected chi connectivity index (χ1v) is 9.19. The van der Waals surface area contributed by atoms with Gasteiger partial charge in [-0.15, -0.1) is 24.0 Å². The molecular weight excluding hydrogens is 411 g/mol. The van der Waals surface area contributed by atoms with E-state index in [4.69, 9.17) is 4.99 Å². The van der Waals surface area contributed by atoms with Gasteiger partial charge >= 0.3 is 0 Å². The van der Waals surface area contributed by atoms with Gasteiger partial charge < -0.3 is 10.6 Å². The van der Waals surface area contributed by atoms with Gasteiger partial charge in [-0.3, -0.25) is 4.90 Å². The molecule has 134 valence electrons. The zero-order valence-corrected chi connectivity index (χ0v) is 17.1. The van der Waals surface area contributed by atoms with E-state index >= 15 is 0 Å². The van der Waals surface area contributed by atoms with Gasteiger partial charge in [-0.25, -0.2) is 4.99 Å². The second kappa shape index (κ2) is 10.2. The molecule has 1 saturated carbocycles. The Morgan fingerprint density at radius 1 is 1.12 bits per heavy atom. The van der Waals surface area contributed by atoms with Crippen LogP contribution in [0.5, 0.6) is 0 Å². The molecule has 1 heterocycles. The Morgan fingerprint density at radius 2 is 1.83 bits per heavy atom. The second-order valence-electron chi connectivity index (χ2n) is 6.72. The van der Waals surface area contributed by atoms with E-state index in [2.05, 4.69) is 46.7 Å². The van der Waals surface area contributed by atoms with Gasteiger partial charge in [-0.1, -0.05) is 30.7 Å². The first kappa shape index (κ1) is 19.5. The SMILES string of the molecule is CCNC(=NCc1ccccc1CN1CCCCC1)NC1CC1.I. The summed E-state index contributed by atoms with van der Waals surface area (Å²) in [6.07, 6.45) is 6.62. The van der Waals surface area contributed by atoms with Crippen molar-refractivity contribution < 1.29 is 0 Å². The van der Waals surface area contributed by atoms with Crippen LogP contribution < -0.4 is 10.6 Å². The van der Waals surface area contributed by atoms with Crippen LogP contribution in [0.25, 0.3) is 0 Å². The largest absolute Gasteiger partial charge is 0.357 e. The predicted molar refractivity (Wildman–Crippen MR) is 112 cm³/mol. The van der Waals surface area contributed by atoms with Crippen LogP contribution in [-0.4, -0.2) is 36.5 Å². The maximum absolute atomic E-state index is 4.79. The van der Waals surface area contributed by atoms with Gasteiger partial charge in [-0.2, -0.15) is 0 Å². The third-order valence-corrected chi connectivity index (χ3v) is 4.63. The third kappa shape index (κ3) is 6.24. The maximum atomic E-state index is 4.79. The van der Waals surface area contributed by atoms with Gasteiger partial charge in [0.25, 0.3) is 0 Å². The molecule has 4 nitrogen and oxygen atoms in total. The van der Waals surface area contributed by atoms with E-state index in [0.717, 1.165) is 25.6 Å². The molecule has 0 radical (unpaired) electrons. The van der Waals surface area contributed by atoms with E-state index < -0.39 is 0 Å². The summed E-state index contributed by atoms with van der Waals surface area (Å²) in [5.41, 5.74) is 2.78. The van der Waals surface area contributed by atoms with Gasteiger partial charge in [0, 0.05) is 19.1 Å². The molecule has 0 aromatic heterocycles. The average molecular weight is 442 g/mol. The minimum absolute atomic E-state index is 0. The Bertz CT molecular complexity index is 522. The smallest absolute Gasteiger partial charge is 0.191 e. The monoisotopic (exact) mass is 442 g/mol. The number of hydrogen-bond donors (Lipinski definition) is 2. The van der Waals surface area contributed by atoms with E-state index in [-0.39, 0.29) is 24.0 Å². The summed E-state index contributed by atoms with van der Waals surface area (Å²) in [5.74, 6) is 0.961. The molecule has 1 aliphatic heterocycles. The molecule has 2 N–H and O–H groups in total. The van der Waals surface area contributed by atoms with Crippen LogP contribution in [0.15, 0.2) is 29.3 Å². The van der Waals surface area contributed by atoms with Gasteiger partial charge in [0.15, 0.2) is 5.96 Å². The molecule has 1 aliphatic carbocycles. The fourth-order valence-corrected chi connectivity index (χ4v) is 3.13. The molecule has 24 heavy (non-hydrogen) atoms. The highest BCUT2D eigenvalue weighted by Crippen LogP contribution is 2.19.